The number of nitrogens with one attached hydrogen (secondary N) is 1. The molecule has 1 atom stereocenters. The number of hydrogen-bond donors (Lipinski definition) is 3. The van der Waals surface area contributed by atoms with E-state index in [0.717, 1.165) is 12.1 Å². The molecule has 0 fully saturated rings. The molecule has 1 heterocycles. The first-order chi connectivity index (χ1) is 8.04. The predicted molar refractivity (Wildman–Crippen MR) is 66.6 cm³/mol. The first-order valence-electron chi connectivity index (χ1n) is 6.05. The van der Waals surface area contributed by atoms with Crippen molar-refractivity contribution in [3.05, 3.63) is 18.0 Å². The molecule has 0 radical (unpaired) electrons. The highest BCUT2D eigenvalue weighted by molar-refractivity contribution is 5.00. The fraction of sp³-hybridized carbons (Fsp3) is 0.750. The van der Waals surface area contributed by atoms with Gasteiger partial charge < -0.3 is 15.5 Å². The molecule has 0 aliphatic heterocycles. The van der Waals surface area contributed by atoms with Crippen molar-refractivity contribution in [1.29, 1.82) is 0 Å². The maximum Gasteiger partial charge on any atom is 0.0762 e. The molecule has 0 saturated carbocycles. The van der Waals surface area contributed by atoms with Gasteiger partial charge in [0.05, 0.1) is 24.4 Å². The van der Waals surface area contributed by atoms with E-state index in [9.17, 15) is 0 Å². The Morgan fingerprint density at radius 2 is 2.12 bits per heavy atom. The van der Waals surface area contributed by atoms with Crippen molar-refractivity contribution in [3.8, 4) is 0 Å². The van der Waals surface area contributed by atoms with Crippen LogP contribution in [0.1, 0.15) is 38.9 Å². The van der Waals surface area contributed by atoms with E-state index in [0.29, 0.717) is 12.6 Å². The van der Waals surface area contributed by atoms with Crippen LogP contribution >= 0.6 is 0 Å². The van der Waals surface area contributed by atoms with Gasteiger partial charge in [-0.1, -0.05) is 6.92 Å². The number of hydrogen-bond acceptors (Lipinski definition) is 4. The van der Waals surface area contributed by atoms with Crippen LogP contribution in [0.5, 0.6) is 0 Å². The fourth-order valence-electron chi connectivity index (χ4n) is 1.37. The first kappa shape index (κ1) is 14.2. The van der Waals surface area contributed by atoms with Crippen molar-refractivity contribution < 1.29 is 10.2 Å². The molecule has 1 aromatic heterocycles. The van der Waals surface area contributed by atoms with E-state index in [-0.39, 0.29) is 13.2 Å². The summed E-state index contributed by atoms with van der Waals surface area (Å²) in [6, 6.07) is 2.35. The van der Waals surface area contributed by atoms with Gasteiger partial charge in [0.2, 0.25) is 0 Å². The van der Waals surface area contributed by atoms with Crippen LogP contribution in [0.25, 0.3) is 0 Å². The molecule has 0 saturated heterocycles. The molecule has 0 aliphatic carbocycles. The highest BCUT2D eigenvalue weighted by atomic mass is 16.3. The van der Waals surface area contributed by atoms with Crippen LogP contribution in [-0.4, -0.2) is 38.7 Å². The van der Waals surface area contributed by atoms with Crippen molar-refractivity contribution in [3.63, 3.8) is 0 Å². The Kier molecular flexibility index (Phi) is 5.11. The Morgan fingerprint density at radius 3 is 2.65 bits per heavy atom. The molecular formula is C12H23N3O2. The lowest BCUT2D eigenvalue weighted by atomic mass is 10.1. The second-order valence-corrected chi connectivity index (χ2v) is 4.77. The molecule has 0 aromatic carbocycles. The van der Waals surface area contributed by atoms with Crippen LogP contribution in [0, 0.1) is 0 Å². The van der Waals surface area contributed by atoms with Crippen molar-refractivity contribution in [2.24, 2.45) is 0 Å². The molecule has 17 heavy (non-hydrogen) atoms. The van der Waals surface area contributed by atoms with Crippen LogP contribution in [0.3, 0.4) is 0 Å². The minimum Gasteiger partial charge on any atom is -0.394 e. The third-order valence-electron chi connectivity index (χ3n) is 3.10. The normalized spacial score (nSPS) is 13.9. The van der Waals surface area contributed by atoms with Crippen LogP contribution in [0.15, 0.2) is 12.3 Å². The Morgan fingerprint density at radius 1 is 1.47 bits per heavy atom. The van der Waals surface area contributed by atoms with E-state index >= 15 is 0 Å². The third kappa shape index (κ3) is 3.80. The van der Waals surface area contributed by atoms with Crippen molar-refractivity contribution in [1.82, 2.24) is 15.1 Å². The minimum atomic E-state index is -0.653. The average Bonchev–Trinajstić information content (AvgIpc) is 2.84. The van der Waals surface area contributed by atoms with Gasteiger partial charge in [-0.3, -0.25) is 4.68 Å². The van der Waals surface area contributed by atoms with Gasteiger partial charge in [-0.2, -0.15) is 5.10 Å². The average molecular weight is 241 g/mol. The summed E-state index contributed by atoms with van der Waals surface area (Å²) in [7, 11) is 0. The maximum atomic E-state index is 9.15. The lowest BCUT2D eigenvalue weighted by Gasteiger charge is -2.25. The Hall–Kier alpha value is -0.910. The molecule has 98 valence electrons. The van der Waals surface area contributed by atoms with E-state index < -0.39 is 5.54 Å². The molecule has 0 aliphatic rings. The monoisotopic (exact) mass is 241 g/mol. The minimum absolute atomic E-state index is 0.102. The predicted octanol–water partition coefficient (Wildman–Crippen LogP) is 0.687. The maximum absolute atomic E-state index is 9.15. The molecule has 3 N–H and O–H groups in total. The summed E-state index contributed by atoms with van der Waals surface area (Å²) in [4.78, 5) is 0. The number of rotatable bonds is 7. The summed E-state index contributed by atoms with van der Waals surface area (Å²) in [6.07, 6.45) is 3.00. The molecule has 0 spiro atoms. The summed E-state index contributed by atoms with van der Waals surface area (Å²) >= 11 is 0. The van der Waals surface area contributed by atoms with Gasteiger partial charge in [-0.15, -0.1) is 0 Å². The van der Waals surface area contributed by atoms with E-state index in [1.165, 1.54) is 0 Å². The zero-order chi connectivity index (χ0) is 12.9. The molecule has 1 rings (SSSR count). The molecule has 5 heteroatoms. The lowest BCUT2D eigenvalue weighted by molar-refractivity contribution is 0.103. The van der Waals surface area contributed by atoms with Gasteiger partial charge in [0.25, 0.3) is 0 Å². The van der Waals surface area contributed by atoms with E-state index in [4.69, 9.17) is 10.2 Å². The van der Waals surface area contributed by atoms with E-state index in [2.05, 4.69) is 24.3 Å². The molecule has 0 bridgehead atoms. The zero-order valence-corrected chi connectivity index (χ0v) is 10.8. The first-order valence-corrected chi connectivity index (χ1v) is 6.05. The van der Waals surface area contributed by atoms with Crippen LogP contribution < -0.4 is 5.32 Å². The Labute approximate surface area is 102 Å². The molecule has 1 unspecified atom stereocenters. The summed E-state index contributed by atoms with van der Waals surface area (Å²) < 4.78 is 1.94. The van der Waals surface area contributed by atoms with Crippen molar-refractivity contribution in [2.45, 2.75) is 45.3 Å². The SMILES string of the molecule is CCC(C)n1ccc(CNC(C)(CO)CO)n1. The van der Waals surface area contributed by atoms with Gasteiger partial charge in [-0.25, -0.2) is 0 Å². The standard InChI is InChI=1S/C12H23N3O2/c1-4-10(2)15-6-5-11(14-15)7-13-12(3,8-16)9-17/h5-6,10,13,16-17H,4,7-9H2,1-3H3. The van der Waals surface area contributed by atoms with Crippen LogP contribution in [0.4, 0.5) is 0 Å². The summed E-state index contributed by atoms with van der Waals surface area (Å²) in [5.41, 5.74) is 0.263. The number of aromatic nitrogens is 2. The van der Waals surface area contributed by atoms with Crippen molar-refractivity contribution in [2.75, 3.05) is 13.2 Å². The molecule has 0 amide bonds. The second kappa shape index (κ2) is 6.14. The van der Waals surface area contributed by atoms with Gasteiger partial charge in [0.1, 0.15) is 0 Å². The molecule has 1 aromatic rings. The quantitative estimate of drug-likeness (QED) is 0.657. The van der Waals surface area contributed by atoms with Gasteiger partial charge >= 0.3 is 0 Å². The number of aliphatic hydroxyl groups excluding tert-OH is 2. The zero-order valence-electron chi connectivity index (χ0n) is 10.8. The topological polar surface area (TPSA) is 70.3 Å². The second-order valence-electron chi connectivity index (χ2n) is 4.77. The third-order valence-corrected chi connectivity index (χ3v) is 3.10. The van der Waals surface area contributed by atoms with Crippen molar-refractivity contribution >= 4 is 0 Å². The number of aliphatic hydroxyl groups is 2. The largest absolute Gasteiger partial charge is 0.394 e. The van der Waals surface area contributed by atoms with E-state index in [1.807, 2.05) is 16.9 Å². The Bertz CT molecular complexity index is 334. The fourth-order valence-corrected chi connectivity index (χ4v) is 1.37. The smallest absolute Gasteiger partial charge is 0.0762 e. The van der Waals surface area contributed by atoms with Crippen LogP contribution in [0.2, 0.25) is 0 Å². The lowest BCUT2D eigenvalue weighted by Crippen LogP contribution is -2.48. The molecule has 5 nitrogen and oxygen atoms in total. The highest BCUT2D eigenvalue weighted by Crippen LogP contribution is 2.10. The van der Waals surface area contributed by atoms with Gasteiger partial charge in [-0.05, 0) is 26.3 Å². The summed E-state index contributed by atoms with van der Waals surface area (Å²) in [6.45, 7) is 6.36. The molecular weight excluding hydrogens is 218 g/mol. The highest BCUT2D eigenvalue weighted by Gasteiger charge is 2.21. The Balaban J connectivity index is 2.55. The van der Waals surface area contributed by atoms with E-state index in [1.54, 1.807) is 6.92 Å². The summed E-state index contributed by atoms with van der Waals surface area (Å²) in [5.74, 6) is 0. The number of nitrogens with zero attached hydrogens (tertiary/aromatic N) is 2. The summed E-state index contributed by atoms with van der Waals surface area (Å²) in [5, 5.41) is 25.8. The van der Waals surface area contributed by atoms with Gasteiger partial charge in [0.15, 0.2) is 0 Å². The van der Waals surface area contributed by atoms with Gasteiger partial charge in [0, 0.05) is 18.8 Å². The van der Waals surface area contributed by atoms with Crippen LogP contribution in [-0.2, 0) is 6.54 Å².